The van der Waals surface area contributed by atoms with Gasteiger partial charge < -0.3 is 19.8 Å². The van der Waals surface area contributed by atoms with Crippen LogP contribution >= 0.6 is 0 Å². The first kappa shape index (κ1) is 14.4. The zero-order valence-corrected chi connectivity index (χ0v) is 13.6. The van der Waals surface area contributed by atoms with Crippen LogP contribution in [0, 0.1) is 5.82 Å². The fraction of sp³-hybridized carbons (Fsp3) is 0.200. The monoisotopic (exact) mass is 336 g/mol. The van der Waals surface area contributed by atoms with Gasteiger partial charge in [-0.05, 0) is 48.7 Å². The van der Waals surface area contributed by atoms with Crippen molar-refractivity contribution >= 4 is 16.6 Å². The molecule has 126 valence electrons. The molecule has 0 bridgehead atoms. The van der Waals surface area contributed by atoms with Gasteiger partial charge in [0.25, 0.3) is 0 Å². The summed E-state index contributed by atoms with van der Waals surface area (Å²) in [6, 6.07) is 11.1. The third-order valence-electron chi connectivity index (χ3n) is 5.18. The minimum atomic E-state index is -0.283. The van der Waals surface area contributed by atoms with Crippen LogP contribution in [-0.2, 0) is 5.41 Å². The van der Waals surface area contributed by atoms with Gasteiger partial charge in [0.15, 0.2) is 11.5 Å². The highest BCUT2D eigenvalue weighted by Gasteiger charge is 2.47. The van der Waals surface area contributed by atoms with Crippen molar-refractivity contribution in [1.82, 2.24) is 4.98 Å². The van der Waals surface area contributed by atoms with Gasteiger partial charge in [-0.15, -0.1) is 0 Å². The SMILES string of the molecule is C=C(Nc1cc2[nH]ccc2cc1F)C1(c2ccc3c(c2)OCO3)CC1. The van der Waals surface area contributed by atoms with E-state index in [9.17, 15) is 4.39 Å². The van der Waals surface area contributed by atoms with E-state index in [0.717, 1.165) is 46.5 Å². The number of ether oxygens (including phenoxy) is 2. The maximum absolute atomic E-state index is 14.4. The van der Waals surface area contributed by atoms with Crippen molar-refractivity contribution in [3.05, 3.63) is 66.3 Å². The zero-order chi connectivity index (χ0) is 17.0. The number of aromatic amines is 1. The van der Waals surface area contributed by atoms with Crippen LogP contribution in [0.5, 0.6) is 11.5 Å². The first-order valence-electron chi connectivity index (χ1n) is 8.29. The summed E-state index contributed by atoms with van der Waals surface area (Å²) in [4.78, 5) is 3.11. The summed E-state index contributed by atoms with van der Waals surface area (Å²) in [5, 5.41) is 4.05. The van der Waals surface area contributed by atoms with Crippen LogP contribution in [0.4, 0.5) is 10.1 Å². The van der Waals surface area contributed by atoms with Gasteiger partial charge in [-0.25, -0.2) is 4.39 Å². The van der Waals surface area contributed by atoms with Crippen LogP contribution in [0.2, 0.25) is 0 Å². The molecule has 1 saturated carbocycles. The number of anilines is 1. The van der Waals surface area contributed by atoms with E-state index < -0.39 is 0 Å². The predicted octanol–water partition coefficient (Wildman–Crippen LogP) is 4.69. The molecule has 0 unspecified atom stereocenters. The highest BCUT2D eigenvalue weighted by Crippen LogP contribution is 2.54. The van der Waals surface area contributed by atoms with Crippen molar-refractivity contribution in [2.45, 2.75) is 18.3 Å². The average molecular weight is 336 g/mol. The maximum atomic E-state index is 14.4. The maximum Gasteiger partial charge on any atom is 0.231 e. The second kappa shape index (κ2) is 5.02. The highest BCUT2D eigenvalue weighted by atomic mass is 19.1. The van der Waals surface area contributed by atoms with E-state index in [1.807, 2.05) is 24.3 Å². The number of allylic oxidation sites excluding steroid dienone is 1. The Balaban J connectivity index is 1.46. The Morgan fingerprint density at radius 1 is 1.12 bits per heavy atom. The summed E-state index contributed by atoms with van der Waals surface area (Å²) in [7, 11) is 0. The molecule has 1 fully saturated rings. The van der Waals surface area contributed by atoms with Gasteiger partial charge in [0.2, 0.25) is 6.79 Å². The van der Waals surface area contributed by atoms with Gasteiger partial charge in [0.05, 0.1) is 5.69 Å². The fourth-order valence-electron chi connectivity index (χ4n) is 3.53. The normalized spacial score (nSPS) is 16.8. The third kappa shape index (κ3) is 2.19. The van der Waals surface area contributed by atoms with Crippen LogP contribution in [-0.4, -0.2) is 11.8 Å². The molecule has 2 heterocycles. The van der Waals surface area contributed by atoms with Crippen LogP contribution < -0.4 is 14.8 Å². The number of hydrogen-bond acceptors (Lipinski definition) is 3. The number of hydrogen-bond donors (Lipinski definition) is 2. The van der Waals surface area contributed by atoms with Crippen molar-refractivity contribution in [3.63, 3.8) is 0 Å². The van der Waals surface area contributed by atoms with Crippen LogP contribution in [0.25, 0.3) is 10.9 Å². The van der Waals surface area contributed by atoms with Crippen molar-refractivity contribution in [3.8, 4) is 11.5 Å². The van der Waals surface area contributed by atoms with Crippen molar-refractivity contribution < 1.29 is 13.9 Å². The molecule has 0 radical (unpaired) electrons. The van der Waals surface area contributed by atoms with Crippen molar-refractivity contribution in [2.24, 2.45) is 0 Å². The van der Waals surface area contributed by atoms with Gasteiger partial charge in [0.1, 0.15) is 5.82 Å². The number of fused-ring (bicyclic) bond motifs is 2. The Morgan fingerprint density at radius 2 is 1.96 bits per heavy atom. The predicted molar refractivity (Wildman–Crippen MR) is 94.5 cm³/mol. The molecule has 2 N–H and O–H groups in total. The van der Waals surface area contributed by atoms with E-state index >= 15 is 0 Å². The third-order valence-corrected chi connectivity index (χ3v) is 5.18. The molecule has 2 aliphatic rings. The molecular weight excluding hydrogens is 319 g/mol. The molecule has 5 heteroatoms. The van der Waals surface area contributed by atoms with Gasteiger partial charge in [-0.1, -0.05) is 12.6 Å². The molecule has 0 spiro atoms. The Bertz CT molecular complexity index is 1000. The van der Waals surface area contributed by atoms with E-state index in [4.69, 9.17) is 9.47 Å². The number of H-pyrrole nitrogens is 1. The van der Waals surface area contributed by atoms with Crippen molar-refractivity contribution in [1.29, 1.82) is 0 Å². The Kier molecular flexibility index (Phi) is 2.89. The number of halogens is 1. The molecule has 3 aromatic rings. The molecule has 0 saturated heterocycles. The van der Waals surface area contributed by atoms with Gasteiger partial charge in [-0.3, -0.25) is 0 Å². The minimum absolute atomic E-state index is 0.182. The standard InChI is InChI=1S/C20H17FN2O2/c1-12(23-17-10-16-13(4-7-22-16)8-15(17)21)20(5-6-20)14-2-3-18-19(9-14)25-11-24-18/h2-4,7-10,22-23H,1,5-6,11H2. The summed E-state index contributed by atoms with van der Waals surface area (Å²) >= 11 is 0. The summed E-state index contributed by atoms with van der Waals surface area (Å²) in [5.41, 5.74) is 3.07. The Hall–Kier alpha value is -2.95. The van der Waals surface area contributed by atoms with E-state index in [1.54, 1.807) is 12.3 Å². The molecule has 0 amide bonds. The van der Waals surface area contributed by atoms with E-state index in [2.05, 4.69) is 16.9 Å². The fourth-order valence-corrected chi connectivity index (χ4v) is 3.53. The summed E-state index contributed by atoms with van der Waals surface area (Å²) in [6.07, 6.45) is 3.76. The molecule has 2 aromatic carbocycles. The largest absolute Gasteiger partial charge is 0.454 e. The zero-order valence-electron chi connectivity index (χ0n) is 13.6. The van der Waals surface area contributed by atoms with Crippen molar-refractivity contribution in [2.75, 3.05) is 12.1 Å². The summed E-state index contributed by atoms with van der Waals surface area (Å²) in [6.45, 7) is 4.46. The van der Waals surface area contributed by atoms with Gasteiger partial charge in [-0.2, -0.15) is 0 Å². The van der Waals surface area contributed by atoms with Gasteiger partial charge in [0, 0.05) is 28.2 Å². The van der Waals surface area contributed by atoms with Crippen LogP contribution in [0.1, 0.15) is 18.4 Å². The molecular formula is C20H17FN2O2. The van der Waals surface area contributed by atoms with Crippen LogP contribution in [0.3, 0.4) is 0 Å². The smallest absolute Gasteiger partial charge is 0.231 e. The van der Waals surface area contributed by atoms with Crippen LogP contribution in [0.15, 0.2) is 54.9 Å². The molecule has 1 aliphatic carbocycles. The number of aromatic nitrogens is 1. The first-order chi connectivity index (χ1) is 12.2. The topological polar surface area (TPSA) is 46.3 Å². The molecule has 1 aromatic heterocycles. The quantitative estimate of drug-likeness (QED) is 0.726. The van der Waals surface area contributed by atoms with Gasteiger partial charge >= 0.3 is 0 Å². The lowest BCUT2D eigenvalue weighted by Crippen LogP contribution is -2.17. The molecule has 4 nitrogen and oxygen atoms in total. The summed E-state index contributed by atoms with van der Waals surface area (Å²) in [5.74, 6) is 1.24. The van der Waals surface area contributed by atoms with E-state index in [-0.39, 0.29) is 18.0 Å². The minimum Gasteiger partial charge on any atom is -0.454 e. The number of rotatable bonds is 4. The highest BCUT2D eigenvalue weighted by molar-refractivity contribution is 5.83. The number of nitrogens with one attached hydrogen (secondary N) is 2. The lowest BCUT2D eigenvalue weighted by atomic mass is 9.92. The molecule has 25 heavy (non-hydrogen) atoms. The molecule has 0 atom stereocenters. The average Bonchev–Trinajstić information content (AvgIpc) is 3.08. The second-order valence-corrected chi connectivity index (χ2v) is 6.65. The Labute approximate surface area is 144 Å². The Morgan fingerprint density at radius 3 is 2.80 bits per heavy atom. The number of benzene rings is 2. The second-order valence-electron chi connectivity index (χ2n) is 6.65. The molecule has 1 aliphatic heterocycles. The van der Waals surface area contributed by atoms with E-state index in [1.165, 1.54) is 6.07 Å². The first-order valence-corrected chi connectivity index (χ1v) is 8.29. The lowest BCUT2D eigenvalue weighted by Gasteiger charge is -2.21. The lowest BCUT2D eigenvalue weighted by molar-refractivity contribution is 0.174. The van der Waals surface area contributed by atoms with E-state index in [0.29, 0.717) is 5.69 Å². The summed E-state index contributed by atoms with van der Waals surface area (Å²) < 4.78 is 25.3. The molecule has 5 rings (SSSR count).